The van der Waals surface area contributed by atoms with Crippen LogP contribution in [0.2, 0.25) is 0 Å². The highest BCUT2D eigenvalue weighted by Gasteiger charge is 1.93. The second kappa shape index (κ2) is 9.92. The van der Waals surface area contributed by atoms with Gasteiger partial charge < -0.3 is 0 Å². The maximum Gasteiger partial charge on any atom is 0.487 e. The van der Waals surface area contributed by atoms with E-state index in [9.17, 15) is 13.2 Å². The van der Waals surface area contributed by atoms with Crippen LogP contribution in [0.1, 0.15) is 26.7 Å². The summed E-state index contributed by atoms with van der Waals surface area (Å²) < 4.78 is 28.8. The van der Waals surface area contributed by atoms with Crippen molar-refractivity contribution in [3.63, 3.8) is 0 Å². The molecule has 0 aliphatic rings. The first-order valence-electron chi connectivity index (χ1n) is 2.48. The first-order chi connectivity index (χ1) is 3.65. The third-order valence-corrected chi connectivity index (χ3v) is 0.500. The molecule has 0 N–H and O–H groups in total. The zero-order chi connectivity index (χ0) is 6.99. The van der Waals surface area contributed by atoms with Gasteiger partial charge in [-0.2, -0.15) is 13.2 Å². The van der Waals surface area contributed by atoms with E-state index >= 15 is 0 Å². The van der Waals surface area contributed by atoms with Crippen LogP contribution in [0.25, 0.3) is 0 Å². The van der Waals surface area contributed by atoms with Crippen LogP contribution < -0.4 is 0 Å². The van der Waals surface area contributed by atoms with E-state index in [4.69, 9.17) is 0 Å². The van der Waals surface area contributed by atoms with Gasteiger partial charge in [0.25, 0.3) is 0 Å². The minimum Gasteiger partial charge on any atom is -0.162 e. The van der Waals surface area contributed by atoms with Crippen LogP contribution in [0.5, 0.6) is 0 Å². The van der Waals surface area contributed by atoms with Crippen LogP contribution in [-0.2, 0) is 0 Å². The van der Waals surface area contributed by atoms with E-state index < -0.39 is 6.68 Å². The highest BCUT2D eigenvalue weighted by molar-refractivity contribution is 4.21. The van der Waals surface area contributed by atoms with Crippen molar-refractivity contribution in [2.24, 2.45) is 0 Å². The largest absolute Gasteiger partial charge is 0.487 e. The SMILES string of the molecule is CCCC.F[C](F)F. The number of unbranched alkanes of at least 4 members (excludes halogenated alkanes) is 1. The van der Waals surface area contributed by atoms with Crippen LogP contribution in [0.3, 0.4) is 0 Å². The molecule has 0 saturated carbocycles. The molecule has 0 nitrogen and oxygen atoms in total. The van der Waals surface area contributed by atoms with Crippen molar-refractivity contribution in [3.05, 3.63) is 6.68 Å². The zero-order valence-corrected chi connectivity index (χ0v) is 5.05. The molecular weight excluding hydrogens is 117 g/mol. The second-order valence-corrected chi connectivity index (χ2v) is 1.21. The molecule has 0 atom stereocenters. The molecule has 0 bridgehead atoms. The molecule has 0 aliphatic carbocycles. The Bertz CT molecular complexity index is 24.1. The van der Waals surface area contributed by atoms with E-state index in [1.54, 1.807) is 0 Å². The summed E-state index contributed by atoms with van der Waals surface area (Å²) in [5.74, 6) is 0. The lowest BCUT2D eigenvalue weighted by Crippen LogP contribution is -1.49. The molecule has 0 rings (SSSR count). The molecule has 0 fully saturated rings. The lowest BCUT2D eigenvalue weighted by molar-refractivity contribution is 0.142. The van der Waals surface area contributed by atoms with E-state index in [0.29, 0.717) is 0 Å². The van der Waals surface area contributed by atoms with Crippen molar-refractivity contribution in [1.29, 1.82) is 0 Å². The average molecular weight is 127 g/mol. The van der Waals surface area contributed by atoms with E-state index in [2.05, 4.69) is 13.8 Å². The molecule has 0 aromatic rings. The van der Waals surface area contributed by atoms with Crippen molar-refractivity contribution in [3.8, 4) is 0 Å². The van der Waals surface area contributed by atoms with Crippen molar-refractivity contribution in [2.75, 3.05) is 0 Å². The molecule has 1 radical (unpaired) electrons. The minimum atomic E-state index is -3.08. The summed E-state index contributed by atoms with van der Waals surface area (Å²) in [5.41, 5.74) is 0. The third-order valence-electron chi connectivity index (χ3n) is 0.500. The smallest absolute Gasteiger partial charge is 0.162 e. The summed E-state index contributed by atoms with van der Waals surface area (Å²) in [4.78, 5) is 0. The molecule has 3 heteroatoms. The highest BCUT2D eigenvalue weighted by Crippen LogP contribution is 1.99. The van der Waals surface area contributed by atoms with Crippen LogP contribution in [0.15, 0.2) is 0 Å². The number of hydrogen-bond acceptors (Lipinski definition) is 0. The summed E-state index contributed by atoms with van der Waals surface area (Å²) in [6.45, 7) is 1.28. The fourth-order valence-electron chi connectivity index (χ4n) is 0. The molecule has 8 heavy (non-hydrogen) atoms. The van der Waals surface area contributed by atoms with Crippen molar-refractivity contribution in [2.45, 2.75) is 26.7 Å². The molecule has 0 aliphatic heterocycles. The van der Waals surface area contributed by atoms with Gasteiger partial charge in [-0.25, -0.2) is 0 Å². The topological polar surface area (TPSA) is 0 Å². The number of halogens is 3. The Hall–Kier alpha value is -0.210. The first kappa shape index (κ1) is 10.7. The van der Waals surface area contributed by atoms with Gasteiger partial charge in [-0.15, -0.1) is 0 Å². The quantitative estimate of drug-likeness (QED) is 0.507. The summed E-state index contributed by atoms with van der Waals surface area (Å²) in [7, 11) is 0. The Kier molecular flexibility index (Phi) is 13.3. The number of rotatable bonds is 1. The van der Waals surface area contributed by atoms with Crippen LogP contribution in [0.4, 0.5) is 13.2 Å². The van der Waals surface area contributed by atoms with Crippen LogP contribution in [-0.4, -0.2) is 0 Å². The number of hydrogen-bond donors (Lipinski definition) is 0. The molecule has 0 spiro atoms. The molecule has 0 unspecified atom stereocenters. The molecule has 0 aromatic carbocycles. The Morgan fingerprint density at radius 3 is 1.12 bits per heavy atom. The highest BCUT2D eigenvalue weighted by atomic mass is 19.4. The van der Waals surface area contributed by atoms with Crippen molar-refractivity contribution >= 4 is 0 Å². The fourth-order valence-corrected chi connectivity index (χ4v) is 0. The van der Waals surface area contributed by atoms with Gasteiger partial charge in [-0.1, -0.05) is 26.7 Å². The summed E-state index contributed by atoms with van der Waals surface area (Å²) in [6.07, 6.45) is 2.64. The van der Waals surface area contributed by atoms with E-state index in [-0.39, 0.29) is 0 Å². The average Bonchev–Trinajstić information content (AvgIpc) is 1.65. The normalized spacial score (nSPS) is 8.25. The lowest BCUT2D eigenvalue weighted by Gasteiger charge is -1.68. The maximum absolute atomic E-state index is 9.58. The van der Waals surface area contributed by atoms with Crippen molar-refractivity contribution < 1.29 is 13.2 Å². The van der Waals surface area contributed by atoms with E-state index in [0.717, 1.165) is 0 Å². The molecule has 0 heterocycles. The van der Waals surface area contributed by atoms with Gasteiger partial charge in [0.1, 0.15) is 0 Å². The minimum absolute atomic E-state index is 1.32. The maximum atomic E-state index is 9.58. The van der Waals surface area contributed by atoms with Gasteiger partial charge in [0, 0.05) is 0 Å². The van der Waals surface area contributed by atoms with Crippen molar-refractivity contribution in [1.82, 2.24) is 0 Å². The second-order valence-electron chi connectivity index (χ2n) is 1.21. The standard InChI is InChI=1S/C4H10.CF3/c1-3-4-2;2-1(3)4/h3-4H2,1-2H3;. The van der Waals surface area contributed by atoms with E-state index in [1.165, 1.54) is 12.8 Å². The molecule has 51 valence electrons. The summed E-state index contributed by atoms with van der Waals surface area (Å²) >= 11 is 0. The van der Waals surface area contributed by atoms with Gasteiger partial charge in [-0.05, 0) is 0 Å². The molecule has 0 aromatic heterocycles. The first-order valence-corrected chi connectivity index (χ1v) is 2.48. The fraction of sp³-hybridized carbons (Fsp3) is 0.800. The summed E-state index contributed by atoms with van der Waals surface area (Å²) in [6, 6.07) is 0. The molecule has 0 amide bonds. The van der Waals surface area contributed by atoms with Crippen LogP contribution in [0, 0.1) is 6.68 Å². The Balaban J connectivity index is 0. The van der Waals surface area contributed by atoms with Gasteiger partial charge in [0.15, 0.2) is 0 Å². The lowest BCUT2D eigenvalue weighted by atomic mass is 10.4. The Labute approximate surface area is 47.7 Å². The Morgan fingerprint density at radius 1 is 1.00 bits per heavy atom. The predicted molar refractivity (Wildman–Crippen MR) is 27.1 cm³/mol. The molecule has 0 saturated heterocycles. The Morgan fingerprint density at radius 2 is 1.12 bits per heavy atom. The zero-order valence-electron chi connectivity index (χ0n) is 5.05. The van der Waals surface area contributed by atoms with Gasteiger partial charge in [0.2, 0.25) is 0 Å². The monoisotopic (exact) mass is 127 g/mol. The predicted octanol–water partition coefficient (Wildman–Crippen LogP) is 3.15. The summed E-state index contributed by atoms with van der Waals surface area (Å²) in [5, 5.41) is 0. The van der Waals surface area contributed by atoms with Gasteiger partial charge >= 0.3 is 6.68 Å². The third kappa shape index (κ3) is 213. The van der Waals surface area contributed by atoms with Gasteiger partial charge in [-0.3, -0.25) is 0 Å². The van der Waals surface area contributed by atoms with Crippen LogP contribution >= 0.6 is 0 Å². The van der Waals surface area contributed by atoms with E-state index in [1.807, 2.05) is 0 Å². The van der Waals surface area contributed by atoms with Gasteiger partial charge in [0.05, 0.1) is 0 Å². The molecular formula is C5H10F3.